The van der Waals surface area contributed by atoms with Gasteiger partial charge in [0, 0.05) is 11.8 Å². The molecule has 7 nitrogen and oxygen atoms in total. The average Bonchev–Trinajstić information content (AvgIpc) is 2.40. The monoisotopic (exact) mass is 337 g/mol. The molecule has 0 aliphatic carbocycles. The van der Waals surface area contributed by atoms with Crippen molar-refractivity contribution in [1.82, 2.24) is 15.0 Å². The SMILES string of the molecule is Cc1nccc(CNc2ncc([N+](=O)[O-])c(C)c2Br)n1. The van der Waals surface area contributed by atoms with Crippen LogP contribution in [0.25, 0.3) is 0 Å². The first kappa shape index (κ1) is 14.3. The van der Waals surface area contributed by atoms with Gasteiger partial charge in [-0.2, -0.15) is 0 Å². The number of nitrogens with zero attached hydrogens (tertiary/aromatic N) is 4. The third kappa shape index (κ3) is 3.08. The molecule has 0 unspecified atom stereocenters. The first-order valence-electron chi connectivity index (χ1n) is 5.81. The number of halogens is 1. The molecule has 2 aromatic rings. The van der Waals surface area contributed by atoms with Crippen LogP contribution in [0.15, 0.2) is 22.9 Å². The Morgan fingerprint density at radius 1 is 1.40 bits per heavy atom. The summed E-state index contributed by atoms with van der Waals surface area (Å²) in [6.07, 6.45) is 2.93. The summed E-state index contributed by atoms with van der Waals surface area (Å²) >= 11 is 3.33. The van der Waals surface area contributed by atoms with Gasteiger partial charge < -0.3 is 5.32 Å². The molecule has 8 heteroatoms. The summed E-state index contributed by atoms with van der Waals surface area (Å²) < 4.78 is 0.581. The summed E-state index contributed by atoms with van der Waals surface area (Å²) in [7, 11) is 0. The highest BCUT2D eigenvalue weighted by molar-refractivity contribution is 9.10. The molecular formula is C12H12BrN5O2. The highest BCUT2D eigenvalue weighted by Gasteiger charge is 2.16. The second-order valence-electron chi connectivity index (χ2n) is 4.14. The number of nitrogens with one attached hydrogen (secondary N) is 1. The van der Waals surface area contributed by atoms with Crippen LogP contribution in [-0.4, -0.2) is 19.9 Å². The largest absolute Gasteiger partial charge is 0.363 e. The zero-order valence-corrected chi connectivity index (χ0v) is 12.5. The van der Waals surface area contributed by atoms with E-state index in [1.54, 1.807) is 19.2 Å². The van der Waals surface area contributed by atoms with E-state index in [-0.39, 0.29) is 5.69 Å². The number of aromatic nitrogens is 3. The summed E-state index contributed by atoms with van der Waals surface area (Å²) in [4.78, 5) is 22.7. The molecule has 0 aliphatic rings. The van der Waals surface area contributed by atoms with Crippen molar-refractivity contribution in [2.45, 2.75) is 20.4 Å². The van der Waals surface area contributed by atoms with E-state index >= 15 is 0 Å². The highest BCUT2D eigenvalue weighted by Crippen LogP contribution is 2.30. The van der Waals surface area contributed by atoms with Gasteiger partial charge in [-0.3, -0.25) is 10.1 Å². The maximum atomic E-state index is 10.8. The Hall–Kier alpha value is -2.09. The lowest BCUT2D eigenvalue weighted by Gasteiger charge is -2.09. The van der Waals surface area contributed by atoms with Gasteiger partial charge in [0.15, 0.2) is 0 Å². The van der Waals surface area contributed by atoms with Gasteiger partial charge in [-0.25, -0.2) is 15.0 Å². The van der Waals surface area contributed by atoms with Crippen molar-refractivity contribution in [3.63, 3.8) is 0 Å². The van der Waals surface area contributed by atoms with Crippen LogP contribution < -0.4 is 5.32 Å². The molecule has 0 radical (unpaired) electrons. The van der Waals surface area contributed by atoms with Gasteiger partial charge in [-0.1, -0.05) is 0 Å². The lowest BCUT2D eigenvalue weighted by molar-refractivity contribution is -0.385. The molecule has 0 bridgehead atoms. The third-order valence-electron chi connectivity index (χ3n) is 2.70. The molecule has 2 aromatic heterocycles. The van der Waals surface area contributed by atoms with Crippen LogP contribution in [0, 0.1) is 24.0 Å². The van der Waals surface area contributed by atoms with E-state index in [9.17, 15) is 10.1 Å². The summed E-state index contributed by atoms with van der Waals surface area (Å²) in [5.41, 5.74) is 1.34. The van der Waals surface area contributed by atoms with Crippen LogP contribution in [-0.2, 0) is 6.54 Å². The summed E-state index contributed by atoms with van der Waals surface area (Å²) in [6.45, 7) is 3.95. The Bertz CT molecular complexity index is 662. The summed E-state index contributed by atoms with van der Waals surface area (Å²) in [5, 5.41) is 13.9. The van der Waals surface area contributed by atoms with E-state index in [0.717, 1.165) is 5.69 Å². The van der Waals surface area contributed by atoms with E-state index in [0.29, 0.717) is 28.2 Å². The Morgan fingerprint density at radius 3 is 2.80 bits per heavy atom. The third-order valence-corrected chi connectivity index (χ3v) is 3.67. The van der Waals surface area contributed by atoms with Gasteiger partial charge >= 0.3 is 0 Å². The minimum atomic E-state index is -0.454. The van der Waals surface area contributed by atoms with Crippen molar-refractivity contribution in [3.8, 4) is 0 Å². The van der Waals surface area contributed by atoms with Crippen LogP contribution in [0.4, 0.5) is 11.5 Å². The fourth-order valence-electron chi connectivity index (χ4n) is 1.65. The molecule has 104 valence electrons. The van der Waals surface area contributed by atoms with Crippen molar-refractivity contribution in [2.24, 2.45) is 0 Å². The maximum absolute atomic E-state index is 10.8. The van der Waals surface area contributed by atoms with E-state index in [1.165, 1.54) is 6.20 Å². The van der Waals surface area contributed by atoms with Crippen LogP contribution in [0.1, 0.15) is 17.1 Å². The molecule has 2 rings (SSSR count). The van der Waals surface area contributed by atoms with Gasteiger partial charge in [0.25, 0.3) is 5.69 Å². The molecule has 0 atom stereocenters. The fourth-order valence-corrected chi connectivity index (χ4v) is 2.10. The molecule has 20 heavy (non-hydrogen) atoms. The number of nitro groups is 1. The topological polar surface area (TPSA) is 93.8 Å². The van der Waals surface area contributed by atoms with Crippen LogP contribution >= 0.6 is 15.9 Å². The van der Waals surface area contributed by atoms with E-state index in [1.807, 2.05) is 6.92 Å². The number of aryl methyl sites for hydroxylation is 1. The minimum absolute atomic E-state index is 0.0136. The molecule has 1 N–H and O–H groups in total. The predicted molar refractivity (Wildman–Crippen MR) is 77.4 cm³/mol. The Labute approximate surface area is 123 Å². The number of anilines is 1. The molecule has 0 saturated heterocycles. The smallest absolute Gasteiger partial charge is 0.291 e. The first-order chi connectivity index (χ1) is 9.49. The van der Waals surface area contributed by atoms with Gasteiger partial charge in [0.1, 0.15) is 17.8 Å². The van der Waals surface area contributed by atoms with E-state index in [4.69, 9.17) is 0 Å². The van der Waals surface area contributed by atoms with Crippen molar-refractivity contribution in [2.75, 3.05) is 5.32 Å². The molecule has 0 amide bonds. The fraction of sp³-hybridized carbons (Fsp3) is 0.250. The van der Waals surface area contributed by atoms with Crippen molar-refractivity contribution < 1.29 is 4.92 Å². The van der Waals surface area contributed by atoms with Crippen LogP contribution in [0.5, 0.6) is 0 Å². The quantitative estimate of drug-likeness (QED) is 0.680. The van der Waals surface area contributed by atoms with Crippen LogP contribution in [0.2, 0.25) is 0 Å². The summed E-state index contributed by atoms with van der Waals surface area (Å²) in [5.74, 6) is 1.24. The number of hydrogen-bond donors (Lipinski definition) is 1. The molecule has 0 saturated carbocycles. The van der Waals surface area contributed by atoms with Crippen molar-refractivity contribution in [1.29, 1.82) is 0 Å². The molecule has 0 fully saturated rings. The Balaban J connectivity index is 2.18. The zero-order chi connectivity index (χ0) is 14.7. The van der Waals surface area contributed by atoms with Crippen molar-refractivity contribution >= 4 is 27.4 Å². The first-order valence-corrected chi connectivity index (χ1v) is 6.60. The van der Waals surface area contributed by atoms with E-state index < -0.39 is 4.92 Å². The Kier molecular flexibility index (Phi) is 4.23. The Morgan fingerprint density at radius 2 is 2.15 bits per heavy atom. The van der Waals surface area contributed by atoms with Gasteiger partial charge in [-0.05, 0) is 35.8 Å². The number of hydrogen-bond acceptors (Lipinski definition) is 6. The van der Waals surface area contributed by atoms with E-state index in [2.05, 4.69) is 36.2 Å². The molecule has 0 spiro atoms. The second-order valence-corrected chi connectivity index (χ2v) is 4.93. The van der Waals surface area contributed by atoms with Crippen molar-refractivity contribution in [3.05, 3.63) is 50.1 Å². The van der Waals surface area contributed by atoms with Gasteiger partial charge in [0.05, 0.1) is 21.6 Å². The highest BCUT2D eigenvalue weighted by atomic mass is 79.9. The normalized spacial score (nSPS) is 10.3. The van der Waals surface area contributed by atoms with Crippen LogP contribution in [0.3, 0.4) is 0 Å². The summed E-state index contributed by atoms with van der Waals surface area (Å²) in [6, 6.07) is 1.80. The van der Waals surface area contributed by atoms with Gasteiger partial charge in [-0.15, -0.1) is 0 Å². The predicted octanol–water partition coefficient (Wildman–Crippen LogP) is 2.77. The lowest BCUT2D eigenvalue weighted by atomic mass is 10.2. The molecule has 0 aromatic carbocycles. The maximum Gasteiger partial charge on any atom is 0.291 e. The molecule has 0 aliphatic heterocycles. The lowest BCUT2D eigenvalue weighted by Crippen LogP contribution is -2.06. The average molecular weight is 338 g/mol. The number of pyridine rings is 1. The standard InChI is InChI=1S/C12H12BrN5O2/c1-7-10(18(19)20)6-16-12(11(7)13)15-5-9-3-4-14-8(2)17-9/h3-4,6H,5H2,1-2H3,(H,15,16). The number of rotatable bonds is 4. The second kappa shape index (κ2) is 5.91. The van der Waals surface area contributed by atoms with Gasteiger partial charge in [0.2, 0.25) is 0 Å². The minimum Gasteiger partial charge on any atom is -0.363 e. The molecule has 2 heterocycles. The zero-order valence-electron chi connectivity index (χ0n) is 10.9. The molecular weight excluding hydrogens is 326 g/mol.